The predicted molar refractivity (Wildman–Crippen MR) is 98.2 cm³/mol. The Kier molecular flexibility index (Phi) is 5.80. The van der Waals surface area contributed by atoms with Crippen LogP contribution in [0.4, 0.5) is 11.4 Å². The molecular formula is C20H26N2O. The van der Waals surface area contributed by atoms with Gasteiger partial charge in [-0.2, -0.15) is 0 Å². The molecule has 2 rings (SSSR count). The normalized spacial score (nSPS) is 10.4. The number of hydrogen-bond donors (Lipinski definition) is 2. The first-order valence-corrected chi connectivity index (χ1v) is 8.20. The van der Waals surface area contributed by atoms with Crippen LogP contribution in [0.5, 0.6) is 0 Å². The maximum atomic E-state index is 12.2. The van der Waals surface area contributed by atoms with Crippen molar-refractivity contribution in [1.82, 2.24) is 0 Å². The minimum atomic E-state index is 0.0397. The smallest absolute Gasteiger partial charge is 0.226 e. The number of nitrogens with one attached hydrogen (secondary N) is 2. The minimum Gasteiger partial charge on any atom is -0.384 e. The number of hydrogen-bond acceptors (Lipinski definition) is 2. The molecule has 0 unspecified atom stereocenters. The Morgan fingerprint density at radius 2 is 1.83 bits per heavy atom. The third kappa shape index (κ3) is 4.59. The maximum Gasteiger partial charge on any atom is 0.226 e. The van der Waals surface area contributed by atoms with Crippen molar-refractivity contribution < 1.29 is 4.79 Å². The van der Waals surface area contributed by atoms with Crippen LogP contribution in [0.1, 0.15) is 35.6 Å². The number of benzene rings is 2. The van der Waals surface area contributed by atoms with Crippen molar-refractivity contribution in [3.8, 4) is 0 Å². The molecule has 2 N–H and O–H groups in total. The van der Waals surface area contributed by atoms with E-state index in [-0.39, 0.29) is 5.91 Å². The Labute approximate surface area is 139 Å². The summed E-state index contributed by atoms with van der Waals surface area (Å²) in [6.45, 7) is 8.91. The second kappa shape index (κ2) is 7.82. The van der Waals surface area contributed by atoms with Crippen molar-refractivity contribution in [2.45, 2.75) is 40.5 Å². The van der Waals surface area contributed by atoms with Crippen LogP contribution in [0.2, 0.25) is 0 Å². The van der Waals surface area contributed by atoms with Gasteiger partial charge in [0.25, 0.3) is 0 Å². The zero-order valence-corrected chi connectivity index (χ0v) is 14.5. The minimum absolute atomic E-state index is 0.0397. The fraction of sp³-hybridized carbons (Fsp3) is 0.350. The number of carbonyl (C=O) groups excluding carboxylic acids is 1. The Bertz CT molecular complexity index is 692. The molecule has 0 bridgehead atoms. The van der Waals surface area contributed by atoms with Gasteiger partial charge in [-0.1, -0.05) is 37.3 Å². The van der Waals surface area contributed by atoms with Gasteiger partial charge < -0.3 is 10.6 Å². The Hall–Kier alpha value is -2.29. The number of para-hydroxylation sites is 1. The molecule has 2 aromatic carbocycles. The standard InChI is InChI=1S/C20H26N2O/c1-5-17-8-6-7-16(4)20(17)21-12-11-19(23)22-18-13-14(2)9-10-15(18)3/h6-10,13,21H,5,11-12H2,1-4H3,(H,22,23). The lowest BCUT2D eigenvalue weighted by molar-refractivity contribution is -0.115. The summed E-state index contributed by atoms with van der Waals surface area (Å²) in [5, 5.41) is 6.42. The van der Waals surface area contributed by atoms with Gasteiger partial charge in [0, 0.05) is 24.3 Å². The van der Waals surface area contributed by atoms with E-state index in [2.05, 4.69) is 48.7 Å². The van der Waals surface area contributed by atoms with Crippen LogP contribution in [0.25, 0.3) is 0 Å². The molecule has 0 atom stereocenters. The first-order valence-electron chi connectivity index (χ1n) is 8.20. The molecule has 2 aromatic rings. The summed E-state index contributed by atoms with van der Waals surface area (Å²) >= 11 is 0. The largest absolute Gasteiger partial charge is 0.384 e. The van der Waals surface area contributed by atoms with Gasteiger partial charge in [0.05, 0.1) is 0 Å². The van der Waals surface area contributed by atoms with E-state index in [1.807, 2.05) is 26.0 Å². The van der Waals surface area contributed by atoms with Gasteiger partial charge in [-0.15, -0.1) is 0 Å². The molecule has 0 aliphatic carbocycles. The first-order chi connectivity index (χ1) is 11.0. The second-order valence-corrected chi connectivity index (χ2v) is 6.01. The van der Waals surface area contributed by atoms with Crippen LogP contribution < -0.4 is 10.6 Å². The third-order valence-electron chi connectivity index (χ3n) is 4.06. The highest BCUT2D eigenvalue weighted by Gasteiger charge is 2.07. The molecule has 0 radical (unpaired) electrons. The number of amides is 1. The van der Waals surface area contributed by atoms with Crippen LogP contribution in [-0.2, 0) is 11.2 Å². The van der Waals surface area contributed by atoms with E-state index in [0.717, 1.165) is 28.9 Å². The zero-order chi connectivity index (χ0) is 16.8. The lowest BCUT2D eigenvalue weighted by atomic mass is 10.1. The topological polar surface area (TPSA) is 41.1 Å². The molecule has 0 fully saturated rings. The molecule has 0 heterocycles. The van der Waals surface area contributed by atoms with Crippen molar-refractivity contribution in [2.24, 2.45) is 0 Å². The van der Waals surface area contributed by atoms with E-state index < -0.39 is 0 Å². The first kappa shape index (κ1) is 17.1. The summed E-state index contributed by atoms with van der Waals surface area (Å²) in [6, 6.07) is 12.4. The SMILES string of the molecule is CCc1cccc(C)c1NCCC(=O)Nc1cc(C)ccc1C. The number of carbonyl (C=O) groups is 1. The number of anilines is 2. The van der Waals surface area contributed by atoms with Crippen molar-refractivity contribution in [3.63, 3.8) is 0 Å². The molecule has 0 aromatic heterocycles. The van der Waals surface area contributed by atoms with E-state index in [0.29, 0.717) is 13.0 Å². The van der Waals surface area contributed by atoms with Crippen molar-refractivity contribution in [1.29, 1.82) is 0 Å². The molecule has 23 heavy (non-hydrogen) atoms. The fourth-order valence-electron chi connectivity index (χ4n) is 2.66. The fourth-order valence-corrected chi connectivity index (χ4v) is 2.66. The molecule has 0 saturated carbocycles. The molecule has 3 heteroatoms. The van der Waals surface area contributed by atoms with E-state index in [4.69, 9.17) is 0 Å². The molecule has 0 saturated heterocycles. The lowest BCUT2D eigenvalue weighted by Crippen LogP contribution is -2.17. The molecule has 0 aliphatic heterocycles. The van der Waals surface area contributed by atoms with E-state index in [1.165, 1.54) is 11.1 Å². The van der Waals surface area contributed by atoms with Crippen molar-refractivity contribution >= 4 is 17.3 Å². The molecule has 1 amide bonds. The van der Waals surface area contributed by atoms with Gasteiger partial charge in [0.2, 0.25) is 5.91 Å². The van der Waals surface area contributed by atoms with Crippen LogP contribution in [-0.4, -0.2) is 12.5 Å². The maximum absolute atomic E-state index is 12.2. The van der Waals surface area contributed by atoms with Crippen LogP contribution in [0.3, 0.4) is 0 Å². The van der Waals surface area contributed by atoms with E-state index in [1.54, 1.807) is 0 Å². The van der Waals surface area contributed by atoms with Gasteiger partial charge in [-0.05, 0) is 55.5 Å². The molecule has 3 nitrogen and oxygen atoms in total. The summed E-state index contributed by atoms with van der Waals surface area (Å²) in [4.78, 5) is 12.2. The average Bonchev–Trinajstić information content (AvgIpc) is 2.52. The lowest BCUT2D eigenvalue weighted by Gasteiger charge is -2.14. The van der Waals surface area contributed by atoms with Gasteiger partial charge in [0.15, 0.2) is 0 Å². The van der Waals surface area contributed by atoms with Gasteiger partial charge in [-0.3, -0.25) is 4.79 Å². The number of aryl methyl sites for hydroxylation is 4. The monoisotopic (exact) mass is 310 g/mol. The van der Waals surface area contributed by atoms with Crippen molar-refractivity contribution in [3.05, 3.63) is 58.7 Å². The average molecular weight is 310 g/mol. The number of rotatable bonds is 6. The second-order valence-electron chi connectivity index (χ2n) is 6.01. The van der Waals surface area contributed by atoms with E-state index >= 15 is 0 Å². The highest BCUT2D eigenvalue weighted by molar-refractivity contribution is 5.91. The van der Waals surface area contributed by atoms with Gasteiger partial charge in [-0.25, -0.2) is 0 Å². The Morgan fingerprint density at radius 3 is 2.57 bits per heavy atom. The summed E-state index contributed by atoms with van der Waals surface area (Å²) in [6.07, 6.45) is 1.43. The summed E-state index contributed by atoms with van der Waals surface area (Å²) in [7, 11) is 0. The Balaban J connectivity index is 1.92. The summed E-state index contributed by atoms with van der Waals surface area (Å²) in [5.41, 5.74) is 6.81. The molecule has 0 spiro atoms. The molecule has 0 aliphatic rings. The van der Waals surface area contributed by atoms with Crippen LogP contribution in [0, 0.1) is 20.8 Å². The zero-order valence-electron chi connectivity index (χ0n) is 14.5. The van der Waals surface area contributed by atoms with Crippen molar-refractivity contribution in [2.75, 3.05) is 17.2 Å². The Morgan fingerprint density at radius 1 is 1.04 bits per heavy atom. The predicted octanol–water partition coefficient (Wildman–Crippen LogP) is 4.61. The van der Waals surface area contributed by atoms with Crippen LogP contribution >= 0.6 is 0 Å². The van der Waals surface area contributed by atoms with Gasteiger partial charge >= 0.3 is 0 Å². The third-order valence-corrected chi connectivity index (χ3v) is 4.06. The quantitative estimate of drug-likeness (QED) is 0.817. The van der Waals surface area contributed by atoms with E-state index in [9.17, 15) is 4.79 Å². The molecular weight excluding hydrogens is 284 g/mol. The summed E-state index contributed by atoms with van der Waals surface area (Å²) in [5.74, 6) is 0.0397. The van der Waals surface area contributed by atoms with Crippen LogP contribution in [0.15, 0.2) is 36.4 Å². The highest BCUT2D eigenvalue weighted by atomic mass is 16.1. The summed E-state index contributed by atoms with van der Waals surface area (Å²) < 4.78 is 0. The van der Waals surface area contributed by atoms with Gasteiger partial charge in [0.1, 0.15) is 0 Å². The highest BCUT2D eigenvalue weighted by Crippen LogP contribution is 2.21. The molecule has 122 valence electrons.